The Morgan fingerprint density at radius 1 is 1.41 bits per heavy atom. The van der Waals surface area contributed by atoms with Gasteiger partial charge in [-0.05, 0) is 41.9 Å². The Morgan fingerprint density at radius 2 is 2.18 bits per heavy atom. The minimum absolute atomic E-state index is 0.293. The third-order valence-corrected chi connectivity index (χ3v) is 3.15. The van der Waals surface area contributed by atoms with E-state index in [-0.39, 0.29) is 0 Å². The van der Waals surface area contributed by atoms with E-state index < -0.39 is 0 Å². The summed E-state index contributed by atoms with van der Waals surface area (Å²) in [6, 6.07) is 10.3. The number of halogens is 1. The van der Waals surface area contributed by atoms with Crippen LogP contribution in [0.15, 0.2) is 39.3 Å². The van der Waals surface area contributed by atoms with Crippen LogP contribution in [-0.4, -0.2) is 11.2 Å². The van der Waals surface area contributed by atoms with E-state index in [0.717, 1.165) is 28.0 Å². The maximum absolute atomic E-state index is 5.20. The van der Waals surface area contributed by atoms with Gasteiger partial charge in [0.25, 0.3) is 0 Å². The monoisotopic (exact) mass is 294 g/mol. The standard InChI is InChI=1S/C13H15BrN2O/c1-9(7-11-8-10(2)16-17-11)15-13-6-4-3-5-12(13)14/h3-6,8-9,15H,7H2,1-2H3. The van der Waals surface area contributed by atoms with Crippen LogP contribution >= 0.6 is 15.9 Å². The number of anilines is 1. The molecule has 1 atom stereocenters. The van der Waals surface area contributed by atoms with Crippen LogP contribution in [0.3, 0.4) is 0 Å². The van der Waals surface area contributed by atoms with Crippen molar-refractivity contribution in [3.8, 4) is 0 Å². The number of nitrogens with one attached hydrogen (secondary N) is 1. The number of hydrogen-bond donors (Lipinski definition) is 1. The van der Waals surface area contributed by atoms with Gasteiger partial charge >= 0.3 is 0 Å². The van der Waals surface area contributed by atoms with Crippen molar-refractivity contribution in [3.05, 3.63) is 46.3 Å². The Labute approximate surface area is 109 Å². The fourth-order valence-electron chi connectivity index (χ4n) is 1.71. The second-order valence-corrected chi connectivity index (χ2v) is 5.02. The molecular weight excluding hydrogens is 280 g/mol. The molecule has 1 aromatic heterocycles. The molecule has 2 aromatic rings. The molecule has 0 aliphatic rings. The highest BCUT2D eigenvalue weighted by Crippen LogP contribution is 2.22. The zero-order chi connectivity index (χ0) is 12.3. The van der Waals surface area contributed by atoms with E-state index in [1.54, 1.807) is 0 Å². The molecule has 0 amide bonds. The van der Waals surface area contributed by atoms with Crippen molar-refractivity contribution >= 4 is 21.6 Å². The zero-order valence-electron chi connectivity index (χ0n) is 9.90. The van der Waals surface area contributed by atoms with Gasteiger partial charge in [-0.1, -0.05) is 17.3 Å². The van der Waals surface area contributed by atoms with Crippen LogP contribution in [-0.2, 0) is 6.42 Å². The van der Waals surface area contributed by atoms with Crippen molar-refractivity contribution in [3.63, 3.8) is 0 Å². The summed E-state index contributed by atoms with van der Waals surface area (Å²) in [5.74, 6) is 0.912. The fourth-order valence-corrected chi connectivity index (χ4v) is 2.11. The van der Waals surface area contributed by atoms with Gasteiger partial charge in [-0.3, -0.25) is 0 Å². The molecule has 0 aliphatic carbocycles. The third-order valence-electron chi connectivity index (χ3n) is 2.46. The summed E-state index contributed by atoms with van der Waals surface area (Å²) in [5.41, 5.74) is 2.02. The first kappa shape index (κ1) is 12.2. The first-order valence-corrected chi connectivity index (χ1v) is 6.37. The molecule has 1 N–H and O–H groups in total. The summed E-state index contributed by atoms with van der Waals surface area (Å²) in [6.45, 7) is 4.05. The smallest absolute Gasteiger partial charge is 0.139 e. The number of aryl methyl sites for hydroxylation is 1. The van der Waals surface area contributed by atoms with Crippen LogP contribution in [0.2, 0.25) is 0 Å². The Bertz CT molecular complexity index is 496. The van der Waals surface area contributed by atoms with Crippen LogP contribution in [0.1, 0.15) is 18.4 Å². The van der Waals surface area contributed by atoms with Gasteiger partial charge in [0.15, 0.2) is 0 Å². The lowest BCUT2D eigenvalue weighted by molar-refractivity contribution is 0.375. The molecule has 0 fully saturated rings. The largest absolute Gasteiger partial charge is 0.381 e. The predicted molar refractivity (Wildman–Crippen MR) is 72.2 cm³/mol. The molecule has 0 bridgehead atoms. The minimum atomic E-state index is 0.293. The summed E-state index contributed by atoms with van der Waals surface area (Å²) in [4.78, 5) is 0. The Balaban J connectivity index is 1.98. The Hall–Kier alpha value is -1.29. The molecule has 0 radical (unpaired) electrons. The topological polar surface area (TPSA) is 38.1 Å². The molecule has 90 valence electrons. The maximum atomic E-state index is 5.20. The molecule has 0 spiro atoms. The SMILES string of the molecule is Cc1cc(CC(C)Nc2ccccc2Br)on1. The van der Waals surface area contributed by atoms with Gasteiger partial charge in [-0.2, -0.15) is 0 Å². The van der Waals surface area contributed by atoms with Crippen molar-refractivity contribution in [2.75, 3.05) is 5.32 Å². The quantitative estimate of drug-likeness (QED) is 0.932. The molecule has 1 heterocycles. The van der Waals surface area contributed by atoms with Crippen molar-refractivity contribution < 1.29 is 4.52 Å². The van der Waals surface area contributed by atoms with Crippen molar-refractivity contribution in [1.82, 2.24) is 5.16 Å². The van der Waals surface area contributed by atoms with Gasteiger partial charge in [0.2, 0.25) is 0 Å². The summed E-state index contributed by atoms with van der Waals surface area (Å²) in [5, 5.41) is 7.32. The Kier molecular flexibility index (Phi) is 3.84. The molecule has 0 saturated carbocycles. The van der Waals surface area contributed by atoms with Crippen LogP contribution in [0, 0.1) is 6.92 Å². The fraction of sp³-hybridized carbons (Fsp3) is 0.308. The number of aromatic nitrogens is 1. The number of nitrogens with zero attached hydrogens (tertiary/aromatic N) is 1. The van der Waals surface area contributed by atoms with Gasteiger partial charge in [0, 0.05) is 28.7 Å². The normalized spacial score (nSPS) is 12.4. The molecule has 1 unspecified atom stereocenters. The van der Waals surface area contributed by atoms with Crippen molar-refractivity contribution in [1.29, 1.82) is 0 Å². The van der Waals surface area contributed by atoms with E-state index >= 15 is 0 Å². The third kappa shape index (κ3) is 3.33. The lowest BCUT2D eigenvalue weighted by Crippen LogP contribution is -2.17. The average Bonchev–Trinajstić information content (AvgIpc) is 2.67. The average molecular weight is 295 g/mol. The summed E-state index contributed by atoms with van der Waals surface area (Å²) < 4.78 is 6.27. The second-order valence-electron chi connectivity index (χ2n) is 4.16. The van der Waals surface area contributed by atoms with Crippen molar-refractivity contribution in [2.45, 2.75) is 26.3 Å². The summed E-state index contributed by atoms with van der Waals surface area (Å²) >= 11 is 3.52. The first-order valence-electron chi connectivity index (χ1n) is 5.58. The van der Waals surface area contributed by atoms with Crippen molar-refractivity contribution in [2.24, 2.45) is 0 Å². The molecule has 3 nitrogen and oxygen atoms in total. The second kappa shape index (κ2) is 5.36. The van der Waals surface area contributed by atoms with E-state index in [4.69, 9.17) is 4.52 Å². The first-order chi connectivity index (χ1) is 8.15. The zero-order valence-corrected chi connectivity index (χ0v) is 11.5. The lowest BCUT2D eigenvalue weighted by atomic mass is 10.2. The van der Waals surface area contributed by atoms with Gasteiger partial charge in [-0.25, -0.2) is 0 Å². The molecular formula is C13H15BrN2O. The van der Waals surface area contributed by atoms with Crippen LogP contribution in [0.5, 0.6) is 0 Å². The number of hydrogen-bond acceptors (Lipinski definition) is 3. The van der Waals surface area contributed by atoms with Crippen LogP contribution in [0.4, 0.5) is 5.69 Å². The van der Waals surface area contributed by atoms with E-state index in [9.17, 15) is 0 Å². The molecule has 1 aromatic carbocycles. The lowest BCUT2D eigenvalue weighted by Gasteiger charge is -2.14. The highest BCUT2D eigenvalue weighted by atomic mass is 79.9. The van der Waals surface area contributed by atoms with Crippen LogP contribution in [0.25, 0.3) is 0 Å². The molecule has 0 aliphatic heterocycles. The van der Waals surface area contributed by atoms with E-state index in [0.29, 0.717) is 6.04 Å². The summed E-state index contributed by atoms with van der Waals surface area (Å²) in [7, 11) is 0. The summed E-state index contributed by atoms with van der Waals surface area (Å²) in [6.07, 6.45) is 0.822. The number of para-hydroxylation sites is 1. The highest BCUT2D eigenvalue weighted by molar-refractivity contribution is 9.10. The molecule has 17 heavy (non-hydrogen) atoms. The van der Waals surface area contributed by atoms with Gasteiger partial charge in [0.05, 0.1) is 5.69 Å². The molecule has 4 heteroatoms. The van der Waals surface area contributed by atoms with Crippen LogP contribution < -0.4 is 5.32 Å². The molecule has 0 saturated heterocycles. The Morgan fingerprint density at radius 3 is 2.82 bits per heavy atom. The van der Waals surface area contributed by atoms with E-state index in [2.05, 4.69) is 33.3 Å². The van der Waals surface area contributed by atoms with Gasteiger partial charge in [0.1, 0.15) is 5.76 Å². The predicted octanol–water partition coefficient (Wildman–Crippen LogP) is 3.79. The highest BCUT2D eigenvalue weighted by Gasteiger charge is 2.08. The molecule has 2 rings (SSSR count). The maximum Gasteiger partial charge on any atom is 0.139 e. The van der Waals surface area contributed by atoms with Gasteiger partial charge < -0.3 is 9.84 Å². The number of rotatable bonds is 4. The number of benzene rings is 1. The van der Waals surface area contributed by atoms with Gasteiger partial charge in [-0.15, -0.1) is 0 Å². The minimum Gasteiger partial charge on any atom is -0.381 e. The van der Waals surface area contributed by atoms with E-state index in [1.165, 1.54) is 0 Å². The van der Waals surface area contributed by atoms with E-state index in [1.807, 2.05) is 37.3 Å².